The van der Waals surface area contributed by atoms with E-state index < -0.39 is 20.0 Å². The highest BCUT2D eigenvalue weighted by Gasteiger charge is 2.30. The van der Waals surface area contributed by atoms with Crippen LogP contribution in [0.1, 0.15) is 290 Å². The van der Waals surface area contributed by atoms with Crippen molar-refractivity contribution >= 4 is 19.7 Å². The van der Waals surface area contributed by atoms with E-state index in [-0.39, 0.29) is 31.5 Å². The quantitative estimate of drug-likeness (QED) is 0.0205. The van der Waals surface area contributed by atoms with Crippen molar-refractivity contribution in [2.75, 3.05) is 40.9 Å². The van der Waals surface area contributed by atoms with Crippen molar-refractivity contribution in [2.45, 2.75) is 303 Å². The fourth-order valence-electron chi connectivity index (χ4n) is 9.44. The maximum absolute atomic E-state index is 13.6. The highest BCUT2D eigenvalue weighted by Crippen LogP contribution is 2.43. The first-order chi connectivity index (χ1) is 40.4. The van der Waals surface area contributed by atoms with Crippen LogP contribution in [-0.4, -0.2) is 74.3 Å². The lowest BCUT2D eigenvalue weighted by Gasteiger charge is -2.27. The molecule has 0 saturated carbocycles. The van der Waals surface area contributed by atoms with Crippen molar-refractivity contribution in [2.24, 2.45) is 0 Å². The second kappa shape index (κ2) is 61.7. The van der Waals surface area contributed by atoms with E-state index in [2.05, 4.69) is 123 Å². The summed E-state index contributed by atoms with van der Waals surface area (Å²) in [5.74, 6) is -0.536. The van der Waals surface area contributed by atoms with Gasteiger partial charge in [-0.3, -0.25) is 18.6 Å². The molecule has 3 unspecified atom stereocenters. The first-order valence-corrected chi connectivity index (χ1v) is 35.7. The standard InChI is InChI=1S/C73H129N2O7P/c1-7-10-13-16-19-22-25-28-30-32-34-36-37-39-41-43-45-48-51-54-57-60-63-66-73(77)82-71(64-61-58-55-52-49-46-27-24-21-18-15-12-9-3)70(69-81-83(78,79)80-68-67-75(4,5)6)74-72(76)65-62-59-56-53-50-47-44-42-40-38-35-33-31-29-26-23-20-17-14-11-8-2/h10,13,19-20,22-23,28-31,34,36,39,41,45,48,61,64,70-71H,7-9,11-12,14-18,21,24-27,32-33,35,37-38,40,42-44,46-47,49-60,62-63,65-69H2,1-6H3,(H-,74,76,78,79)/p+1/b13-10-,22-19-,23-20-,30-28-,31-29-,36-34-,41-39-,48-45-,64-61+. The van der Waals surface area contributed by atoms with Crippen LogP contribution in [-0.2, 0) is 27.9 Å². The van der Waals surface area contributed by atoms with Gasteiger partial charge in [-0.05, 0) is 115 Å². The summed E-state index contributed by atoms with van der Waals surface area (Å²) in [4.78, 5) is 37.9. The van der Waals surface area contributed by atoms with Crippen LogP contribution < -0.4 is 5.32 Å². The van der Waals surface area contributed by atoms with E-state index in [0.717, 1.165) is 109 Å². The van der Waals surface area contributed by atoms with Gasteiger partial charge in [0.1, 0.15) is 19.3 Å². The number of nitrogens with one attached hydrogen (secondary N) is 1. The molecule has 0 aliphatic rings. The minimum Gasteiger partial charge on any atom is -0.456 e. The number of hydrogen-bond acceptors (Lipinski definition) is 6. The van der Waals surface area contributed by atoms with Crippen LogP contribution in [0.25, 0.3) is 0 Å². The highest BCUT2D eigenvalue weighted by molar-refractivity contribution is 7.47. The Morgan fingerprint density at radius 1 is 0.434 bits per heavy atom. The molecule has 0 aromatic rings. The van der Waals surface area contributed by atoms with E-state index in [4.69, 9.17) is 13.8 Å². The molecule has 0 heterocycles. The number of carbonyl (C=O) groups is 2. The first kappa shape index (κ1) is 79.7. The number of esters is 1. The number of phosphoric ester groups is 1. The van der Waals surface area contributed by atoms with Gasteiger partial charge in [0.25, 0.3) is 0 Å². The van der Waals surface area contributed by atoms with Gasteiger partial charge in [0.05, 0.1) is 33.8 Å². The number of amides is 1. The molecular weight excluding hydrogens is 1050 g/mol. The maximum Gasteiger partial charge on any atom is 0.472 e. The Balaban J connectivity index is 5.24. The van der Waals surface area contributed by atoms with Crippen LogP contribution in [0.2, 0.25) is 0 Å². The van der Waals surface area contributed by atoms with Gasteiger partial charge in [0.15, 0.2) is 0 Å². The maximum atomic E-state index is 13.6. The summed E-state index contributed by atoms with van der Waals surface area (Å²) in [6, 6.07) is -0.868. The Morgan fingerprint density at radius 3 is 1.18 bits per heavy atom. The number of allylic oxidation sites excluding steroid dienone is 17. The average molecular weight is 1180 g/mol. The second-order valence-corrected chi connectivity index (χ2v) is 25.4. The third-order valence-corrected chi connectivity index (χ3v) is 15.7. The van der Waals surface area contributed by atoms with E-state index in [1.807, 2.05) is 33.3 Å². The van der Waals surface area contributed by atoms with Gasteiger partial charge in [0, 0.05) is 12.8 Å². The summed E-state index contributed by atoms with van der Waals surface area (Å²) in [7, 11) is 1.47. The fourth-order valence-corrected chi connectivity index (χ4v) is 10.2. The molecule has 10 heteroatoms. The molecule has 0 aliphatic heterocycles. The van der Waals surface area contributed by atoms with Gasteiger partial charge in [-0.25, -0.2) is 4.57 Å². The second-order valence-electron chi connectivity index (χ2n) is 24.0. The first-order valence-electron chi connectivity index (χ1n) is 34.2. The minimum absolute atomic E-state index is 0.0307. The van der Waals surface area contributed by atoms with Crippen molar-refractivity contribution in [3.05, 3.63) is 109 Å². The SMILES string of the molecule is CC/C=C\C/C=C\C/C=C\C/C=C\C/C=C\C/C=C\CCCCCCC(=O)OC(/C=C/CCCCCCCCCCCCC)C(COP(=O)(O)OCC[N+](C)(C)C)NC(=O)CCCCCCCCCCCCC/C=C\C/C=C\CCCCC. The fraction of sp³-hybridized carbons (Fsp3) is 0.726. The lowest BCUT2D eigenvalue weighted by molar-refractivity contribution is -0.870. The molecule has 83 heavy (non-hydrogen) atoms. The van der Waals surface area contributed by atoms with E-state index in [1.54, 1.807) is 0 Å². The zero-order chi connectivity index (χ0) is 60.7. The van der Waals surface area contributed by atoms with Crippen LogP contribution in [0.4, 0.5) is 0 Å². The molecule has 0 saturated heterocycles. The molecule has 0 radical (unpaired) electrons. The third-order valence-electron chi connectivity index (χ3n) is 14.7. The van der Waals surface area contributed by atoms with Crippen molar-refractivity contribution in [3.63, 3.8) is 0 Å². The van der Waals surface area contributed by atoms with E-state index >= 15 is 0 Å². The number of ether oxygens (including phenoxy) is 1. The Labute approximate surface area is 512 Å². The number of phosphoric acid groups is 1. The van der Waals surface area contributed by atoms with E-state index in [0.29, 0.717) is 23.9 Å². The summed E-state index contributed by atoms with van der Waals surface area (Å²) in [5, 5.41) is 3.06. The number of unbranched alkanes of at least 4 members (excludes halogenated alkanes) is 29. The Hall–Kier alpha value is -3.33. The Kier molecular flexibility index (Phi) is 59.3. The van der Waals surface area contributed by atoms with Crippen molar-refractivity contribution < 1.29 is 37.3 Å². The monoisotopic (exact) mass is 1180 g/mol. The summed E-state index contributed by atoms with van der Waals surface area (Å²) in [5.41, 5.74) is 0. The van der Waals surface area contributed by atoms with Gasteiger partial charge in [-0.15, -0.1) is 0 Å². The molecule has 0 rings (SSSR count). The zero-order valence-electron chi connectivity index (χ0n) is 54.7. The number of carbonyl (C=O) groups excluding carboxylic acids is 2. The van der Waals surface area contributed by atoms with Gasteiger partial charge in [-0.1, -0.05) is 272 Å². The zero-order valence-corrected chi connectivity index (χ0v) is 55.6. The topological polar surface area (TPSA) is 111 Å². The molecule has 1 amide bonds. The van der Waals surface area contributed by atoms with E-state index in [1.165, 1.54) is 141 Å². The van der Waals surface area contributed by atoms with Crippen LogP contribution in [0.5, 0.6) is 0 Å². The molecule has 478 valence electrons. The van der Waals surface area contributed by atoms with Crippen molar-refractivity contribution in [1.82, 2.24) is 5.32 Å². The predicted molar refractivity (Wildman–Crippen MR) is 360 cm³/mol. The van der Waals surface area contributed by atoms with Crippen molar-refractivity contribution in [1.29, 1.82) is 0 Å². The minimum atomic E-state index is -4.47. The van der Waals surface area contributed by atoms with Crippen LogP contribution in [0.15, 0.2) is 109 Å². The summed E-state index contributed by atoms with van der Waals surface area (Å²) in [6.45, 7) is 6.87. The number of likely N-dealkylation sites (N-methyl/N-ethyl adjacent to an activating group) is 1. The highest BCUT2D eigenvalue weighted by atomic mass is 31.2. The number of nitrogens with zero attached hydrogens (tertiary/aromatic N) is 1. The molecule has 2 N–H and O–H groups in total. The number of hydrogen-bond donors (Lipinski definition) is 2. The van der Waals surface area contributed by atoms with Gasteiger partial charge >= 0.3 is 13.8 Å². The number of rotatable bonds is 61. The third kappa shape index (κ3) is 63.0. The van der Waals surface area contributed by atoms with Crippen LogP contribution in [0.3, 0.4) is 0 Å². The Bertz CT molecular complexity index is 1790. The molecule has 0 spiro atoms. The van der Waals surface area contributed by atoms with Crippen molar-refractivity contribution in [3.8, 4) is 0 Å². The molecule has 0 aromatic heterocycles. The largest absolute Gasteiger partial charge is 0.472 e. The Morgan fingerprint density at radius 2 is 0.771 bits per heavy atom. The number of quaternary nitrogens is 1. The average Bonchev–Trinajstić information content (AvgIpc) is 3.47. The molecule has 9 nitrogen and oxygen atoms in total. The summed E-state index contributed by atoms with van der Waals surface area (Å²) < 4.78 is 30.8. The smallest absolute Gasteiger partial charge is 0.456 e. The molecule has 0 bridgehead atoms. The van der Waals surface area contributed by atoms with Gasteiger partial charge in [0.2, 0.25) is 5.91 Å². The molecule has 0 aliphatic carbocycles. The van der Waals surface area contributed by atoms with Gasteiger partial charge in [-0.2, -0.15) is 0 Å². The van der Waals surface area contributed by atoms with Crippen LogP contribution in [0, 0.1) is 0 Å². The van der Waals surface area contributed by atoms with Gasteiger partial charge < -0.3 is 19.4 Å². The molecule has 3 atom stereocenters. The lowest BCUT2D eigenvalue weighted by Crippen LogP contribution is -2.47. The summed E-state index contributed by atoms with van der Waals surface area (Å²) in [6.07, 6.45) is 85.1. The normalized spacial score (nSPS) is 14.3. The molecule has 0 fully saturated rings. The van der Waals surface area contributed by atoms with Crippen LogP contribution >= 0.6 is 7.82 Å². The predicted octanol–water partition coefficient (Wildman–Crippen LogP) is 21.7. The lowest BCUT2D eigenvalue weighted by atomic mass is 10.0. The molecule has 0 aromatic carbocycles. The van der Waals surface area contributed by atoms with E-state index in [9.17, 15) is 19.0 Å². The summed E-state index contributed by atoms with van der Waals surface area (Å²) >= 11 is 0. The molecular formula is C73H130N2O7P+.